The smallest absolute Gasteiger partial charge is 0.313 e. The van der Waals surface area contributed by atoms with Crippen LogP contribution in [0.1, 0.15) is 58.1 Å². The molecule has 0 spiro atoms. The van der Waals surface area contributed by atoms with Crippen molar-refractivity contribution in [3.8, 4) is 0 Å². The van der Waals surface area contributed by atoms with Gasteiger partial charge in [0.1, 0.15) is 0 Å². The third kappa shape index (κ3) is 8.22. The minimum absolute atomic E-state index is 0.0627. The monoisotopic (exact) mass is 457 g/mol. The highest BCUT2D eigenvalue weighted by atomic mass is 32.2. The van der Waals surface area contributed by atoms with Crippen molar-refractivity contribution in [2.24, 2.45) is 11.3 Å². The van der Waals surface area contributed by atoms with Crippen molar-refractivity contribution in [2.45, 2.75) is 58.8 Å². The number of hydrogen-bond donors (Lipinski definition) is 2. The summed E-state index contributed by atoms with van der Waals surface area (Å²) in [6.45, 7) is 6.62. The first-order chi connectivity index (χ1) is 14.3. The standard InChI is InChI=1S/C22H35NO7S/c1-16(19(25)30-5)11-17-12-18(14-23-13-17)22(4,20(26)27)8-6-7-21(2,3)15-31(28,29)10-9-24/h12-14,16,24H,6-11,15H2,1-5H3,(H,26,27)/t16-,22?/m0/s1. The Morgan fingerprint density at radius 3 is 2.39 bits per heavy atom. The van der Waals surface area contributed by atoms with E-state index in [9.17, 15) is 23.1 Å². The molecule has 0 aliphatic rings. The van der Waals surface area contributed by atoms with Crippen molar-refractivity contribution < 1.29 is 33.0 Å². The Balaban J connectivity index is 2.94. The zero-order valence-electron chi connectivity index (χ0n) is 19.1. The maximum absolute atomic E-state index is 12.2. The molecule has 0 bridgehead atoms. The van der Waals surface area contributed by atoms with E-state index in [0.29, 0.717) is 31.2 Å². The third-order valence-electron chi connectivity index (χ3n) is 5.59. The van der Waals surface area contributed by atoms with E-state index >= 15 is 0 Å². The van der Waals surface area contributed by atoms with Crippen molar-refractivity contribution >= 4 is 21.8 Å². The number of carboxylic acids is 1. The van der Waals surface area contributed by atoms with Crippen LogP contribution >= 0.6 is 0 Å². The van der Waals surface area contributed by atoms with E-state index in [1.165, 1.54) is 13.3 Å². The van der Waals surface area contributed by atoms with Gasteiger partial charge in [-0.15, -0.1) is 0 Å². The van der Waals surface area contributed by atoms with Crippen LogP contribution in [0.2, 0.25) is 0 Å². The molecule has 31 heavy (non-hydrogen) atoms. The van der Waals surface area contributed by atoms with E-state index < -0.39 is 33.2 Å². The zero-order chi connectivity index (χ0) is 23.9. The number of methoxy groups -OCH3 is 1. The van der Waals surface area contributed by atoms with Gasteiger partial charge in [-0.3, -0.25) is 14.6 Å². The van der Waals surface area contributed by atoms with Gasteiger partial charge in [-0.05, 0) is 42.7 Å². The van der Waals surface area contributed by atoms with Crippen LogP contribution in [0.4, 0.5) is 0 Å². The number of aliphatic hydroxyl groups excluding tert-OH is 1. The number of esters is 1. The molecule has 0 aliphatic heterocycles. The van der Waals surface area contributed by atoms with Gasteiger partial charge in [0.05, 0.1) is 36.6 Å². The predicted molar refractivity (Wildman–Crippen MR) is 117 cm³/mol. The van der Waals surface area contributed by atoms with Crippen LogP contribution in [0.5, 0.6) is 0 Å². The van der Waals surface area contributed by atoms with Crippen molar-refractivity contribution in [2.75, 3.05) is 25.2 Å². The van der Waals surface area contributed by atoms with Crippen LogP contribution in [-0.2, 0) is 36.0 Å². The summed E-state index contributed by atoms with van der Waals surface area (Å²) in [7, 11) is -2.04. The first-order valence-corrected chi connectivity index (χ1v) is 12.2. The minimum atomic E-state index is -3.36. The second-order valence-electron chi connectivity index (χ2n) is 9.18. The number of pyridine rings is 1. The third-order valence-corrected chi connectivity index (χ3v) is 7.62. The van der Waals surface area contributed by atoms with Crippen molar-refractivity contribution in [3.05, 3.63) is 29.6 Å². The molecule has 1 unspecified atom stereocenters. The molecule has 0 fully saturated rings. The lowest BCUT2D eigenvalue weighted by molar-refractivity contribution is -0.145. The largest absolute Gasteiger partial charge is 0.481 e. The molecular weight excluding hydrogens is 422 g/mol. The summed E-state index contributed by atoms with van der Waals surface area (Å²) in [6.07, 6.45) is 4.86. The lowest BCUT2D eigenvalue weighted by Gasteiger charge is -2.29. The quantitative estimate of drug-likeness (QED) is 0.432. The van der Waals surface area contributed by atoms with Crippen molar-refractivity contribution in [3.63, 3.8) is 0 Å². The van der Waals surface area contributed by atoms with Crippen LogP contribution in [0.3, 0.4) is 0 Å². The lowest BCUT2D eigenvalue weighted by Crippen LogP contribution is -2.34. The minimum Gasteiger partial charge on any atom is -0.481 e. The van der Waals surface area contributed by atoms with Gasteiger partial charge in [0.15, 0.2) is 9.84 Å². The fraction of sp³-hybridized carbons (Fsp3) is 0.682. The summed E-state index contributed by atoms with van der Waals surface area (Å²) in [6, 6.07) is 1.76. The fourth-order valence-corrected chi connectivity index (χ4v) is 5.47. The van der Waals surface area contributed by atoms with Crippen LogP contribution in [-0.4, -0.2) is 60.8 Å². The second-order valence-corrected chi connectivity index (χ2v) is 11.4. The van der Waals surface area contributed by atoms with Crippen molar-refractivity contribution in [1.29, 1.82) is 0 Å². The van der Waals surface area contributed by atoms with Gasteiger partial charge >= 0.3 is 11.9 Å². The van der Waals surface area contributed by atoms with Crippen LogP contribution in [0.25, 0.3) is 0 Å². The Bertz CT molecular complexity index is 866. The van der Waals surface area contributed by atoms with E-state index in [1.54, 1.807) is 26.1 Å². The summed E-state index contributed by atoms with van der Waals surface area (Å²) in [5, 5.41) is 18.9. The number of carbonyl (C=O) groups is 2. The van der Waals surface area contributed by atoms with Gasteiger partial charge in [-0.2, -0.15) is 0 Å². The maximum Gasteiger partial charge on any atom is 0.313 e. The van der Waals surface area contributed by atoms with Crippen LogP contribution in [0.15, 0.2) is 18.5 Å². The van der Waals surface area contributed by atoms with Gasteiger partial charge < -0.3 is 14.9 Å². The van der Waals surface area contributed by atoms with Gasteiger partial charge in [-0.25, -0.2) is 8.42 Å². The zero-order valence-corrected chi connectivity index (χ0v) is 19.9. The molecule has 8 nitrogen and oxygen atoms in total. The Hall–Kier alpha value is -2.00. The number of aromatic nitrogens is 1. The summed E-state index contributed by atoms with van der Waals surface area (Å²) >= 11 is 0. The molecule has 0 radical (unpaired) electrons. The Labute approximate surface area is 185 Å². The molecule has 0 amide bonds. The number of ether oxygens (including phenoxy) is 1. The number of carbonyl (C=O) groups excluding carboxylic acids is 1. The highest BCUT2D eigenvalue weighted by molar-refractivity contribution is 7.91. The SMILES string of the molecule is COC(=O)[C@@H](C)Cc1cncc(C(C)(CCCC(C)(C)CS(=O)(=O)CCO)C(=O)O)c1. The maximum atomic E-state index is 12.2. The normalized spacial score (nSPS) is 15.2. The van der Waals surface area contributed by atoms with E-state index in [-0.39, 0.29) is 23.4 Å². The Morgan fingerprint density at radius 2 is 1.84 bits per heavy atom. The molecule has 0 aliphatic carbocycles. The molecule has 9 heteroatoms. The van der Waals surface area contributed by atoms with Crippen LogP contribution in [0, 0.1) is 11.3 Å². The number of rotatable bonds is 13. The number of hydrogen-bond acceptors (Lipinski definition) is 7. The second kappa shape index (κ2) is 11.0. The molecule has 1 heterocycles. The van der Waals surface area contributed by atoms with E-state index in [2.05, 4.69) is 4.98 Å². The fourth-order valence-electron chi connectivity index (χ4n) is 3.71. The summed E-state index contributed by atoms with van der Waals surface area (Å²) in [5.74, 6) is -2.04. The number of aliphatic hydroxyl groups is 1. The first-order valence-electron chi connectivity index (χ1n) is 10.3. The van der Waals surface area contributed by atoms with Gasteiger partial charge in [0.2, 0.25) is 0 Å². The lowest BCUT2D eigenvalue weighted by atomic mass is 9.76. The van der Waals surface area contributed by atoms with Crippen molar-refractivity contribution in [1.82, 2.24) is 4.98 Å². The number of sulfone groups is 1. The molecular formula is C22H35NO7S. The van der Waals surface area contributed by atoms with Crippen LogP contribution < -0.4 is 0 Å². The highest BCUT2D eigenvalue weighted by Crippen LogP contribution is 2.34. The average molecular weight is 458 g/mol. The molecule has 2 atom stereocenters. The summed E-state index contributed by atoms with van der Waals surface area (Å²) in [4.78, 5) is 28.0. The Morgan fingerprint density at radius 1 is 1.19 bits per heavy atom. The average Bonchev–Trinajstić information content (AvgIpc) is 2.65. The number of carboxylic acid groups (broad SMARTS) is 1. The van der Waals surface area contributed by atoms with E-state index in [4.69, 9.17) is 9.84 Å². The summed E-state index contributed by atoms with van der Waals surface area (Å²) < 4.78 is 28.8. The topological polar surface area (TPSA) is 131 Å². The molecule has 1 rings (SSSR count). The molecule has 1 aromatic rings. The molecule has 2 N–H and O–H groups in total. The van der Waals surface area contributed by atoms with E-state index in [0.717, 1.165) is 5.56 Å². The molecule has 0 aromatic carbocycles. The Kier molecular flexibility index (Phi) is 9.63. The van der Waals surface area contributed by atoms with Gasteiger partial charge in [-0.1, -0.05) is 33.3 Å². The molecule has 0 saturated carbocycles. The molecule has 176 valence electrons. The van der Waals surface area contributed by atoms with E-state index in [1.807, 2.05) is 13.8 Å². The first kappa shape index (κ1) is 27.0. The van der Waals surface area contributed by atoms with Gasteiger partial charge in [0.25, 0.3) is 0 Å². The number of aliphatic carboxylic acids is 1. The molecule has 0 saturated heterocycles. The summed E-state index contributed by atoms with van der Waals surface area (Å²) in [5.41, 5.74) is -0.445. The predicted octanol–water partition coefficient (Wildman–Crippen LogP) is 2.38. The number of nitrogens with zero attached hydrogens (tertiary/aromatic N) is 1. The van der Waals surface area contributed by atoms with Gasteiger partial charge in [0, 0.05) is 12.4 Å². The highest BCUT2D eigenvalue weighted by Gasteiger charge is 2.36. The molecule has 1 aromatic heterocycles.